The maximum Gasteiger partial charge on any atom is 0.252 e. The minimum atomic E-state index is -0.116. The molecule has 1 aromatic heterocycles. The van der Waals surface area contributed by atoms with Crippen LogP contribution in [0.2, 0.25) is 0 Å². The zero-order valence-electron chi connectivity index (χ0n) is 40.6. The predicted octanol–water partition coefficient (Wildman–Crippen LogP) is 14.7. The van der Waals surface area contributed by atoms with E-state index in [1.807, 2.05) is 0 Å². The highest BCUT2D eigenvalue weighted by Gasteiger charge is 2.45. The highest BCUT2D eigenvalue weighted by atomic mass is 15.2. The van der Waals surface area contributed by atoms with Gasteiger partial charge >= 0.3 is 0 Å². The quantitative estimate of drug-likeness (QED) is 0.164. The molecule has 0 spiro atoms. The van der Waals surface area contributed by atoms with Gasteiger partial charge in [0.2, 0.25) is 0 Å². The molecular formula is C60H64BN3. The molecule has 7 aromatic carbocycles. The number of hydrogen-bond acceptors (Lipinski definition) is 2. The number of aromatic nitrogens is 1. The van der Waals surface area contributed by atoms with Gasteiger partial charge in [-0.25, -0.2) is 0 Å². The van der Waals surface area contributed by atoms with Crippen LogP contribution in [0.4, 0.5) is 34.1 Å². The van der Waals surface area contributed by atoms with Crippen LogP contribution in [0.5, 0.6) is 0 Å². The van der Waals surface area contributed by atoms with E-state index in [9.17, 15) is 0 Å². The molecular weight excluding hydrogens is 773 g/mol. The summed E-state index contributed by atoms with van der Waals surface area (Å²) >= 11 is 0. The summed E-state index contributed by atoms with van der Waals surface area (Å²) in [4.78, 5) is 5.26. The van der Waals surface area contributed by atoms with Gasteiger partial charge in [0.05, 0.1) is 16.7 Å². The third kappa shape index (κ3) is 6.62. The Balaban J connectivity index is 1.39. The number of nitrogens with zero attached hydrogens (tertiary/aromatic N) is 3. The lowest BCUT2D eigenvalue weighted by Gasteiger charge is -2.46. The van der Waals surface area contributed by atoms with Crippen LogP contribution >= 0.6 is 0 Å². The van der Waals surface area contributed by atoms with E-state index in [4.69, 9.17) is 0 Å². The average Bonchev–Trinajstić information content (AvgIpc) is 3.55. The molecule has 0 bridgehead atoms. The van der Waals surface area contributed by atoms with Crippen molar-refractivity contribution in [2.45, 2.75) is 119 Å². The molecule has 10 rings (SSSR count). The van der Waals surface area contributed by atoms with Gasteiger partial charge in [-0.05, 0) is 140 Å². The highest BCUT2D eigenvalue weighted by molar-refractivity contribution is 7.00. The van der Waals surface area contributed by atoms with Crippen molar-refractivity contribution in [3.63, 3.8) is 0 Å². The van der Waals surface area contributed by atoms with Crippen molar-refractivity contribution >= 4 is 79.0 Å². The van der Waals surface area contributed by atoms with Crippen molar-refractivity contribution in [2.75, 3.05) is 9.80 Å². The summed E-state index contributed by atoms with van der Waals surface area (Å²) in [5.41, 5.74) is 23.0. The Kier molecular flexibility index (Phi) is 9.35. The average molecular weight is 838 g/mol. The van der Waals surface area contributed by atoms with E-state index in [0.717, 1.165) is 0 Å². The van der Waals surface area contributed by atoms with E-state index in [0.29, 0.717) is 0 Å². The number of aryl methyl sites for hydroxylation is 2. The Morgan fingerprint density at radius 2 is 0.906 bits per heavy atom. The number of rotatable bonds is 3. The number of hydrogen-bond donors (Lipinski definition) is 0. The zero-order chi connectivity index (χ0) is 45.4. The molecule has 0 saturated heterocycles. The topological polar surface area (TPSA) is 11.4 Å². The van der Waals surface area contributed by atoms with Crippen LogP contribution in [0.25, 0.3) is 27.5 Å². The van der Waals surface area contributed by atoms with Gasteiger partial charge in [-0.3, -0.25) is 0 Å². The van der Waals surface area contributed by atoms with Crippen LogP contribution in [-0.4, -0.2) is 11.3 Å². The Morgan fingerprint density at radius 1 is 0.375 bits per heavy atom. The number of para-hydroxylation sites is 2. The molecule has 0 aliphatic carbocycles. The summed E-state index contributed by atoms with van der Waals surface area (Å²) in [6.07, 6.45) is 0. The normalized spacial score (nSPS) is 14.0. The lowest BCUT2D eigenvalue weighted by Crippen LogP contribution is -2.61. The summed E-state index contributed by atoms with van der Waals surface area (Å²) in [6, 6.07) is 51.7. The second kappa shape index (κ2) is 14.3. The smallest absolute Gasteiger partial charge is 0.252 e. The zero-order valence-corrected chi connectivity index (χ0v) is 40.6. The molecule has 0 fully saturated rings. The summed E-state index contributed by atoms with van der Waals surface area (Å²) in [6.45, 7) is 32.7. The Hall–Kier alpha value is -6.00. The van der Waals surface area contributed by atoms with Gasteiger partial charge in [-0.1, -0.05) is 162 Å². The molecule has 64 heavy (non-hydrogen) atoms. The van der Waals surface area contributed by atoms with Crippen molar-refractivity contribution in [3.05, 3.63) is 167 Å². The first-order chi connectivity index (χ1) is 30.1. The maximum atomic E-state index is 2.67. The number of benzene rings is 7. The van der Waals surface area contributed by atoms with Crippen molar-refractivity contribution in [1.29, 1.82) is 0 Å². The Morgan fingerprint density at radius 3 is 1.52 bits per heavy atom. The van der Waals surface area contributed by atoms with E-state index in [1.165, 1.54) is 111 Å². The molecule has 8 aromatic rings. The fourth-order valence-electron chi connectivity index (χ4n) is 10.6. The van der Waals surface area contributed by atoms with Crippen LogP contribution in [-0.2, 0) is 21.7 Å². The lowest BCUT2D eigenvalue weighted by atomic mass is 9.33. The largest absolute Gasteiger partial charge is 0.311 e. The van der Waals surface area contributed by atoms with Gasteiger partial charge in [0.1, 0.15) is 0 Å². The van der Waals surface area contributed by atoms with Gasteiger partial charge in [0.15, 0.2) is 0 Å². The monoisotopic (exact) mass is 838 g/mol. The lowest BCUT2D eigenvalue weighted by molar-refractivity contribution is 0.589. The van der Waals surface area contributed by atoms with E-state index in [2.05, 4.69) is 245 Å². The van der Waals surface area contributed by atoms with Gasteiger partial charge in [0, 0.05) is 44.9 Å². The van der Waals surface area contributed by atoms with Gasteiger partial charge in [-0.15, -0.1) is 0 Å². The Labute approximate surface area is 382 Å². The number of anilines is 6. The van der Waals surface area contributed by atoms with Gasteiger partial charge < -0.3 is 14.4 Å². The first-order valence-corrected chi connectivity index (χ1v) is 23.4. The first-order valence-electron chi connectivity index (χ1n) is 23.4. The predicted molar refractivity (Wildman–Crippen MR) is 279 cm³/mol. The van der Waals surface area contributed by atoms with E-state index < -0.39 is 0 Å². The van der Waals surface area contributed by atoms with E-state index >= 15 is 0 Å². The molecule has 0 radical (unpaired) electrons. The Bertz CT molecular complexity index is 3140. The van der Waals surface area contributed by atoms with Crippen LogP contribution in [0, 0.1) is 13.8 Å². The molecule has 3 nitrogen and oxygen atoms in total. The van der Waals surface area contributed by atoms with Crippen LogP contribution in [0.3, 0.4) is 0 Å². The summed E-state index contributed by atoms with van der Waals surface area (Å²) in [5.74, 6) is 0. The summed E-state index contributed by atoms with van der Waals surface area (Å²) < 4.78 is 2.48. The van der Waals surface area contributed by atoms with E-state index in [1.54, 1.807) is 0 Å². The van der Waals surface area contributed by atoms with Crippen LogP contribution in [0.15, 0.2) is 133 Å². The standard InChI is InChI=1S/C60H64BN3/c1-37-30-41(59(9,10)11)31-38(2)56(37)64-52-36-51-46(45-22-18-19-23-49(45)62(51)43-20-16-15-17-21-43)35-48(52)61-47-32-40(58(6,7)8)26-29-50(47)63(44-27-24-39(25-28-44)57(3,4)5)53-33-42(60(12,13)14)34-54(64)55(53)61/h15-36H,1-14H3. The van der Waals surface area contributed by atoms with Crippen molar-refractivity contribution in [2.24, 2.45) is 0 Å². The molecule has 0 saturated carbocycles. The fraction of sp³-hybridized carbons (Fsp3) is 0.300. The molecule has 322 valence electrons. The van der Waals surface area contributed by atoms with Crippen molar-refractivity contribution < 1.29 is 0 Å². The molecule has 2 aliphatic heterocycles. The molecule has 0 atom stereocenters. The second-order valence-electron chi connectivity index (χ2n) is 22.9. The van der Waals surface area contributed by atoms with Gasteiger partial charge in [-0.2, -0.15) is 0 Å². The maximum absolute atomic E-state index is 2.67. The van der Waals surface area contributed by atoms with Crippen molar-refractivity contribution in [1.82, 2.24) is 4.57 Å². The first kappa shape index (κ1) is 42.0. The molecule has 0 amide bonds. The SMILES string of the molecule is Cc1cc(C(C)(C)C)cc(C)c1N1c2cc3c(cc2B2c4cc(C(C)(C)C)ccc4N(c4ccc(C(C)(C)C)cc4)c4cc(C(C)(C)C)cc1c42)c1ccccc1n3-c1ccccc1. The highest BCUT2D eigenvalue weighted by Crippen LogP contribution is 2.49. The summed E-state index contributed by atoms with van der Waals surface area (Å²) in [7, 11) is 0. The third-order valence-electron chi connectivity index (χ3n) is 14.2. The number of fused-ring (bicyclic) bond motifs is 7. The summed E-state index contributed by atoms with van der Waals surface area (Å²) in [5, 5.41) is 2.55. The molecule has 0 unspecified atom stereocenters. The minimum absolute atomic E-state index is 0.00892. The van der Waals surface area contributed by atoms with Crippen LogP contribution in [0.1, 0.15) is 116 Å². The van der Waals surface area contributed by atoms with E-state index in [-0.39, 0.29) is 28.4 Å². The van der Waals surface area contributed by atoms with Crippen molar-refractivity contribution in [3.8, 4) is 5.69 Å². The van der Waals surface area contributed by atoms with Gasteiger partial charge in [0.25, 0.3) is 6.71 Å². The molecule has 2 aliphatic rings. The minimum Gasteiger partial charge on any atom is -0.311 e. The third-order valence-corrected chi connectivity index (χ3v) is 14.2. The molecule has 3 heterocycles. The second-order valence-corrected chi connectivity index (χ2v) is 22.9. The molecule has 4 heteroatoms. The van der Waals surface area contributed by atoms with Crippen LogP contribution < -0.4 is 26.2 Å². The fourth-order valence-corrected chi connectivity index (χ4v) is 10.6. The molecule has 0 N–H and O–H groups in total.